The number of aromatic hydroxyl groups is 1. The molecular weight excluding hydrogens is 524 g/mol. The molecule has 0 saturated heterocycles. The first kappa shape index (κ1) is 27.6. The maximum Gasteiger partial charge on any atom is 0.224 e. The highest BCUT2D eigenvalue weighted by molar-refractivity contribution is 6.32. The van der Waals surface area contributed by atoms with Crippen LogP contribution in [0.1, 0.15) is 68.9 Å². The van der Waals surface area contributed by atoms with Crippen molar-refractivity contribution in [1.29, 1.82) is 5.26 Å². The number of halogens is 1. The topological polar surface area (TPSA) is 126 Å². The fourth-order valence-electron chi connectivity index (χ4n) is 8.37. The molecule has 2 aromatic rings. The smallest absolute Gasteiger partial charge is 0.224 e. The first-order valence-corrected chi connectivity index (χ1v) is 15.4. The van der Waals surface area contributed by atoms with E-state index in [0.717, 1.165) is 62.1 Å². The van der Waals surface area contributed by atoms with Gasteiger partial charge in [-0.15, -0.1) is 0 Å². The maximum absolute atomic E-state index is 9.85. The molecule has 5 aliphatic rings. The lowest BCUT2D eigenvalue weighted by Gasteiger charge is -2.60. The molecule has 9 heteroatoms. The van der Waals surface area contributed by atoms with Crippen LogP contribution in [0.3, 0.4) is 0 Å². The molecule has 0 amide bonds. The molecule has 8 nitrogen and oxygen atoms in total. The fourth-order valence-corrected chi connectivity index (χ4v) is 8.58. The summed E-state index contributed by atoms with van der Waals surface area (Å²) < 4.78 is 0. The molecule has 0 spiro atoms. The Balaban J connectivity index is 1.05. The Labute approximate surface area is 242 Å². The van der Waals surface area contributed by atoms with Gasteiger partial charge in [0.2, 0.25) is 5.95 Å². The minimum absolute atomic E-state index is 0.0799. The Morgan fingerprint density at radius 2 is 1.85 bits per heavy atom. The van der Waals surface area contributed by atoms with Gasteiger partial charge < -0.3 is 26.2 Å². The normalized spacial score (nSPS) is 32.5. The van der Waals surface area contributed by atoms with Crippen LogP contribution in [0.25, 0.3) is 0 Å². The van der Waals surface area contributed by atoms with Crippen LogP contribution >= 0.6 is 11.6 Å². The second-order valence-corrected chi connectivity index (χ2v) is 13.4. The van der Waals surface area contributed by atoms with E-state index >= 15 is 0 Å². The zero-order valence-corrected chi connectivity index (χ0v) is 23.8. The minimum Gasteiger partial charge on any atom is -0.506 e. The van der Waals surface area contributed by atoms with E-state index in [9.17, 15) is 15.5 Å². The third kappa shape index (κ3) is 6.02. The SMILES string of the molecule is N#Cc1cnc(NCCc2ccc(O)c(Cl)c2)nc1NC[C@]12CC3C[C@H](C1)[C@@H](NC[C@H]1CC[C@H](O)CC1)[C@@H](C3)C2. The van der Waals surface area contributed by atoms with Crippen LogP contribution in [0, 0.1) is 40.4 Å². The predicted molar refractivity (Wildman–Crippen MR) is 156 cm³/mol. The van der Waals surface area contributed by atoms with Crippen LogP contribution in [0.15, 0.2) is 24.4 Å². The first-order valence-electron chi connectivity index (χ1n) is 15.0. The van der Waals surface area contributed by atoms with E-state index in [-0.39, 0.29) is 17.3 Å². The summed E-state index contributed by atoms with van der Waals surface area (Å²) in [7, 11) is 0. The lowest BCUT2D eigenvalue weighted by atomic mass is 9.48. The highest BCUT2D eigenvalue weighted by Crippen LogP contribution is 2.60. The summed E-state index contributed by atoms with van der Waals surface area (Å²) in [5.41, 5.74) is 1.75. The third-order valence-electron chi connectivity index (χ3n) is 10.1. The lowest BCUT2D eigenvalue weighted by Crippen LogP contribution is -2.60. The van der Waals surface area contributed by atoms with Gasteiger partial charge >= 0.3 is 0 Å². The van der Waals surface area contributed by atoms with Gasteiger partial charge in [-0.3, -0.25) is 0 Å². The summed E-state index contributed by atoms with van der Waals surface area (Å²) in [6.45, 7) is 2.56. The van der Waals surface area contributed by atoms with Crippen molar-refractivity contribution in [2.24, 2.45) is 29.1 Å². The van der Waals surface area contributed by atoms with Gasteiger partial charge in [0, 0.05) is 19.1 Å². The van der Waals surface area contributed by atoms with Crippen molar-refractivity contribution in [3.63, 3.8) is 0 Å². The zero-order chi connectivity index (χ0) is 27.7. The van der Waals surface area contributed by atoms with E-state index in [1.165, 1.54) is 32.1 Å². The quantitative estimate of drug-likeness (QED) is 0.269. The molecule has 4 bridgehead atoms. The summed E-state index contributed by atoms with van der Waals surface area (Å²) in [6, 6.07) is 8.09. The predicted octanol–water partition coefficient (Wildman–Crippen LogP) is 5.11. The molecule has 5 atom stereocenters. The Kier molecular flexibility index (Phi) is 8.07. The number of phenolic OH excluding ortho intramolecular Hbond substituents is 1. The number of nitriles is 1. The molecule has 1 aromatic heterocycles. The fraction of sp³-hybridized carbons (Fsp3) is 0.645. The number of hydrogen-bond donors (Lipinski definition) is 5. The van der Waals surface area contributed by atoms with Crippen LogP contribution in [-0.2, 0) is 6.42 Å². The van der Waals surface area contributed by atoms with Crippen LogP contribution in [-0.4, -0.2) is 52.0 Å². The number of hydrogen-bond acceptors (Lipinski definition) is 8. The van der Waals surface area contributed by atoms with E-state index in [1.807, 2.05) is 6.07 Å². The average molecular weight is 565 g/mol. The highest BCUT2D eigenvalue weighted by Gasteiger charge is 2.55. The molecule has 5 fully saturated rings. The molecule has 5 saturated carbocycles. The number of rotatable bonds is 10. The molecule has 1 heterocycles. The molecular formula is C31H41ClN6O2. The minimum atomic E-state index is -0.0850. The van der Waals surface area contributed by atoms with Crippen molar-refractivity contribution < 1.29 is 10.2 Å². The van der Waals surface area contributed by atoms with Gasteiger partial charge in [-0.2, -0.15) is 10.2 Å². The number of nitrogens with zero attached hydrogens (tertiary/aromatic N) is 3. The Morgan fingerprint density at radius 1 is 1.07 bits per heavy atom. The van der Waals surface area contributed by atoms with E-state index in [0.29, 0.717) is 47.3 Å². The van der Waals surface area contributed by atoms with E-state index in [2.05, 4.69) is 32.0 Å². The molecule has 40 heavy (non-hydrogen) atoms. The summed E-state index contributed by atoms with van der Waals surface area (Å²) in [5, 5.41) is 40.4. The summed E-state index contributed by atoms with van der Waals surface area (Å²) >= 11 is 6.03. The van der Waals surface area contributed by atoms with Gasteiger partial charge in [0.05, 0.1) is 17.3 Å². The molecule has 1 aromatic carbocycles. The molecule has 7 rings (SSSR count). The number of benzene rings is 1. The lowest BCUT2D eigenvalue weighted by molar-refractivity contribution is -0.0705. The molecule has 5 aliphatic carbocycles. The highest BCUT2D eigenvalue weighted by atomic mass is 35.5. The Bertz CT molecular complexity index is 1230. The Hall–Kier alpha value is -2.60. The standard InChI is InChI=1S/C31H41ClN6O2/c32-26-11-19(3-6-27(26)40)7-8-34-30-36-17-24(15-33)29(38-30)37-18-31-12-21-9-22(13-31)28(23(10-21)14-31)35-16-20-1-4-25(39)5-2-20/h3,6,11,17,20-23,25,28,35,39-40H,1-2,4-5,7-10,12-14,16,18H2,(H2,34,36,37,38)/t20-,21?,22-,23+,25-,28-,31-. The number of anilines is 2. The van der Waals surface area contributed by atoms with E-state index in [1.54, 1.807) is 18.3 Å². The van der Waals surface area contributed by atoms with Crippen molar-refractivity contribution in [2.75, 3.05) is 30.3 Å². The van der Waals surface area contributed by atoms with Gasteiger partial charge in [-0.25, -0.2) is 4.98 Å². The van der Waals surface area contributed by atoms with Gasteiger partial charge in [0.25, 0.3) is 0 Å². The number of nitrogens with one attached hydrogen (secondary N) is 3. The summed E-state index contributed by atoms with van der Waals surface area (Å²) in [4.78, 5) is 9.02. The second kappa shape index (κ2) is 11.7. The van der Waals surface area contributed by atoms with Crippen molar-refractivity contribution in [3.05, 3.63) is 40.5 Å². The van der Waals surface area contributed by atoms with E-state index in [4.69, 9.17) is 11.6 Å². The van der Waals surface area contributed by atoms with Crippen LogP contribution in [0.2, 0.25) is 5.02 Å². The van der Waals surface area contributed by atoms with Crippen LogP contribution in [0.5, 0.6) is 5.75 Å². The zero-order valence-electron chi connectivity index (χ0n) is 23.1. The monoisotopic (exact) mass is 564 g/mol. The Morgan fingerprint density at radius 3 is 2.58 bits per heavy atom. The first-order chi connectivity index (χ1) is 19.4. The van der Waals surface area contributed by atoms with Crippen molar-refractivity contribution in [2.45, 2.75) is 76.4 Å². The van der Waals surface area contributed by atoms with E-state index < -0.39 is 0 Å². The third-order valence-corrected chi connectivity index (χ3v) is 10.4. The van der Waals surface area contributed by atoms with Crippen molar-refractivity contribution >= 4 is 23.4 Å². The number of aromatic nitrogens is 2. The van der Waals surface area contributed by atoms with Gasteiger partial charge in [-0.05, 0) is 118 Å². The van der Waals surface area contributed by atoms with Crippen LogP contribution in [0.4, 0.5) is 11.8 Å². The molecule has 5 N–H and O–H groups in total. The molecule has 214 valence electrons. The van der Waals surface area contributed by atoms with Gasteiger partial charge in [0.1, 0.15) is 23.2 Å². The van der Waals surface area contributed by atoms with Gasteiger partial charge in [0.15, 0.2) is 0 Å². The average Bonchev–Trinajstić information content (AvgIpc) is 2.94. The second-order valence-electron chi connectivity index (χ2n) is 13.0. The molecule has 1 unspecified atom stereocenters. The summed E-state index contributed by atoms with van der Waals surface area (Å²) in [6.07, 6.45) is 12.9. The molecule has 0 aliphatic heterocycles. The maximum atomic E-state index is 9.85. The van der Waals surface area contributed by atoms with Crippen LogP contribution < -0.4 is 16.0 Å². The number of aliphatic hydroxyl groups is 1. The van der Waals surface area contributed by atoms with Crippen molar-refractivity contribution in [3.8, 4) is 11.8 Å². The number of phenols is 1. The van der Waals surface area contributed by atoms with Crippen molar-refractivity contribution in [1.82, 2.24) is 15.3 Å². The number of aliphatic hydroxyl groups excluding tert-OH is 1. The summed E-state index contributed by atoms with van der Waals surface area (Å²) in [5.74, 6) is 4.17. The largest absolute Gasteiger partial charge is 0.506 e. The molecule has 0 radical (unpaired) electrons. The van der Waals surface area contributed by atoms with Gasteiger partial charge in [-0.1, -0.05) is 17.7 Å².